The monoisotopic (exact) mass is 233 g/mol. The van der Waals surface area contributed by atoms with Gasteiger partial charge in [-0.3, -0.25) is 4.79 Å². The molecule has 0 aliphatic heterocycles. The molecule has 17 heavy (non-hydrogen) atoms. The van der Waals surface area contributed by atoms with Gasteiger partial charge >= 0.3 is 0 Å². The summed E-state index contributed by atoms with van der Waals surface area (Å²) in [6.07, 6.45) is 3.36. The van der Waals surface area contributed by atoms with Crippen molar-refractivity contribution in [3.8, 4) is 5.75 Å². The van der Waals surface area contributed by atoms with Crippen LogP contribution in [0.5, 0.6) is 5.75 Å². The highest BCUT2D eigenvalue weighted by Gasteiger charge is 2.03. The minimum Gasteiger partial charge on any atom is -0.496 e. The molecule has 3 heteroatoms. The molecule has 0 spiro atoms. The van der Waals surface area contributed by atoms with Gasteiger partial charge in [-0.15, -0.1) is 0 Å². The minimum absolute atomic E-state index is 0.00365. The second kappa shape index (κ2) is 6.09. The topological polar surface area (TPSA) is 29.5 Å². The predicted octanol–water partition coefficient (Wildman–Crippen LogP) is 2.50. The van der Waals surface area contributed by atoms with Gasteiger partial charge in [-0.25, -0.2) is 0 Å². The highest BCUT2D eigenvalue weighted by molar-refractivity contribution is 5.92. The molecule has 0 N–H and O–H groups in total. The van der Waals surface area contributed by atoms with E-state index in [4.69, 9.17) is 4.74 Å². The molecule has 0 radical (unpaired) electrons. The lowest BCUT2D eigenvalue weighted by molar-refractivity contribution is -0.124. The van der Waals surface area contributed by atoms with E-state index in [0.717, 1.165) is 16.9 Å². The number of likely N-dealkylation sites (N-methyl/N-ethyl adjacent to an activating group) is 1. The van der Waals surface area contributed by atoms with Crippen LogP contribution < -0.4 is 4.74 Å². The molecule has 0 aromatic heterocycles. The lowest BCUT2D eigenvalue weighted by atomic mass is 10.1. The van der Waals surface area contributed by atoms with Crippen molar-refractivity contribution in [1.82, 2.24) is 4.90 Å². The van der Waals surface area contributed by atoms with Gasteiger partial charge in [0.1, 0.15) is 5.75 Å². The largest absolute Gasteiger partial charge is 0.496 e. The molecule has 1 aromatic carbocycles. The zero-order valence-corrected chi connectivity index (χ0v) is 10.9. The number of nitrogens with zero attached hydrogens (tertiary/aromatic N) is 1. The Labute approximate surface area is 103 Å². The predicted molar refractivity (Wildman–Crippen MR) is 70.1 cm³/mol. The van der Waals surface area contributed by atoms with Crippen LogP contribution in [0.3, 0.4) is 0 Å². The van der Waals surface area contributed by atoms with E-state index in [1.165, 1.54) is 0 Å². The van der Waals surface area contributed by atoms with E-state index < -0.39 is 0 Å². The number of benzene rings is 1. The van der Waals surface area contributed by atoms with Crippen molar-refractivity contribution in [2.45, 2.75) is 13.8 Å². The van der Waals surface area contributed by atoms with Crippen molar-refractivity contribution in [3.63, 3.8) is 0 Å². The van der Waals surface area contributed by atoms with Gasteiger partial charge < -0.3 is 9.64 Å². The Morgan fingerprint density at radius 1 is 1.47 bits per heavy atom. The van der Waals surface area contributed by atoms with Crippen molar-refractivity contribution in [3.05, 3.63) is 35.4 Å². The maximum Gasteiger partial charge on any atom is 0.246 e. The van der Waals surface area contributed by atoms with E-state index in [0.29, 0.717) is 6.54 Å². The molecule has 0 unspecified atom stereocenters. The zero-order valence-electron chi connectivity index (χ0n) is 10.9. The van der Waals surface area contributed by atoms with Crippen LogP contribution in [-0.2, 0) is 4.79 Å². The molecule has 92 valence electrons. The minimum atomic E-state index is -0.00365. The quantitative estimate of drug-likeness (QED) is 0.748. The van der Waals surface area contributed by atoms with E-state index in [9.17, 15) is 4.79 Å². The lowest BCUT2D eigenvalue weighted by Crippen LogP contribution is -2.23. The fraction of sp³-hybridized carbons (Fsp3) is 0.357. The third kappa shape index (κ3) is 3.63. The highest BCUT2D eigenvalue weighted by atomic mass is 16.5. The number of ether oxygens (including phenoxy) is 1. The molecule has 0 atom stereocenters. The van der Waals surface area contributed by atoms with Crippen LogP contribution in [0, 0.1) is 6.92 Å². The van der Waals surface area contributed by atoms with Crippen LogP contribution in [0.2, 0.25) is 0 Å². The number of hydrogen-bond acceptors (Lipinski definition) is 2. The third-order valence-electron chi connectivity index (χ3n) is 2.64. The summed E-state index contributed by atoms with van der Waals surface area (Å²) < 4.78 is 5.24. The molecular formula is C14H19NO2. The van der Waals surface area contributed by atoms with Crippen LogP contribution in [0.1, 0.15) is 18.1 Å². The number of amides is 1. The van der Waals surface area contributed by atoms with Crippen LogP contribution >= 0.6 is 0 Å². The van der Waals surface area contributed by atoms with E-state index in [1.807, 2.05) is 32.0 Å². The number of carbonyl (C=O) groups excluding carboxylic acids is 1. The van der Waals surface area contributed by atoms with E-state index in [-0.39, 0.29) is 5.91 Å². The summed E-state index contributed by atoms with van der Waals surface area (Å²) in [4.78, 5) is 13.3. The van der Waals surface area contributed by atoms with Gasteiger partial charge in [0, 0.05) is 25.2 Å². The summed E-state index contributed by atoms with van der Waals surface area (Å²) in [7, 11) is 3.40. The second-order valence-electron chi connectivity index (χ2n) is 3.93. The smallest absolute Gasteiger partial charge is 0.246 e. The Kier molecular flexibility index (Phi) is 4.76. The number of methoxy groups -OCH3 is 1. The van der Waals surface area contributed by atoms with Crippen molar-refractivity contribution in [2.75, 3.05) is 20.7 Å². The molecule has 0 bridgehead atoms. The normalized spacial score (nSPS) is 10.6. The van der Waals surface area contributed by atoms with Crippen molar-refractivity contribution < 1.29 is 9.53 Å². The first-order valence-corrected chi connectivity index (χ1v) is 5.66. The molecule has 0 saturated carbocycles. The van der Waals surface area contributed by atoms with Crippen molar-refractivity contribution in [2.24, 2.45) is 0 Å². The Balaban J connectivity index is 2.90. The third-order valence-corrected chi connectivity index (χ3v) is 2.64. The average molecular weight is 233 g/mol. The maximum absolute atomic E-state index is 11.6. The van der Waals surface area contributed by atoms with Crippen molar-refractivity contribution in [1.29, 1.82) is 0 Å². The molecule has 0 fully saturated rings. The maximum atomic E-state index is 11.6. The van der Waals surface area contributed by atoms with E-state index >= 15 is 0 Å². The summed E-state index contributed by atoms with van der Waals surface area (Å²) in [5.41, 5.74) is 2.06. The molecule has 0 heterocycles. The van der Waals surface area contributed by atoms with Gasteiger partial charge in [0.2, 0.25) is 5.91 Å². The second-order valence-corrected chi connectivity index (χ2v) is 3.93. The number of hydrogen-bond donors (Lipinski definition) is 0. The van der Waals surface area contributed by atoms with E-state index in [2.05, 4.69) is 0 Å². The Hall–Kier alpha value is -1.77. The van der Waals surface area contributed by atoms with Gasteiger partial charge in [0.05, 0.1) is 7.11 Å². The molecule has 1 rings (SSSR count). The SMILES string of the molecule is CCN(C)C(=O)/C=C/c1cc(C)ccc1OC. The standard InChI is InChI=1S/C14H19NO2/c1-5-15(3)14(16)9-7-12-10-11(2)6-8-13(12)17-4/h6-10H,5H2,1-4H3/b9-7+. The van der Waals surface area contributed by atoms with Crippen LogP contribution in [0.4, 0.5) is 0 Å². The fourth-order valence-electron chi connectivity index (χ4n) is 1.43. The van der Waals surface area contributed by atoms with Crippen LogP contribution in [0.25, 0.3) is 6.08 Å². The van der Waals surface area contributed by atoms with Crippen LogP contribution in [-0.4, -0.2) is 31.5 Å². The Morgan fingerprint density at radius 2 is 2.18 bits per heavy atom. The van der Waals surface area contributed by atoms with Crippen LogP contribution in [0.15, 0.2) is 24.3 Å². The van der Waals surface area contributed by atoms with Crippen molar-refractivity contribution >= 4 is 12.0 Å². The molecule has 0 aliphatic carbocycles. The Bertz CT molecular complexity index is 424. The first-order chi connectivity index (χ1) is 8.08. The fourth-order valence-corrected chi connectivity index (χ4v) is 1.43. The Morgan fingerprint density at radius 3 is 2.76 bits per heavy atom. The number of aryl methyl sites for hydroxylation is 1. The molecule has 3 nitrogen and oxygen atoms in total. The first kappa shape index (κ1) is 13.3. The summed E-state index contributed by atoms with van der Waals surface area (Å²) >= 11 is 0. The molecule has 1 aromatic rings. The van der Waals surface area contributed by atoms with Gasteiger partial charge in [0.25, 0.3) is 0 Å². The molecular weight excluding hydrogens is 214 g/mol. The average Bonchev–Trinajstić information content (AvgIpc) is 2.35. The summed E-state index contributed by atoms with van der Waals surface area (Å²) in [5.74, 6) is 0.773. The molecule has 0 saturated heterocycles. The summed E-state index contributed by atoms with van der Waals surface area (Å²) in [6, 6.07) is 5.88. The van der Waals surface area contributed by atoms with Gasteiger partial charge in [-0.05, 0) is 32.1 Å². The molecule has 0 aliphatic rings. The lowest BCUT2D eigenvalue weighted by Gasteiger charge is -2.11. The van der Waals surface area contributed by atoms with E-state index in [1.54, 1.807) is 31.2 Å². The first-order valence-electron chi connectivity index (χ1n) is 5.66. The summed E-state index contributed by atoms with van der Waals surface area (Å²) in [5, 5.41) is 0. The zero-order chi connectivity index (χ0) is 12.8. The van der Waals surface area contributed by atoms with Gasteiger partial charge in [0.15, 0.2) is 0 Å². The van der Waals surface area contributed by atoms with Gasteiger partial charge in [-0.2, -0.15) is 0 Å². The highest BCUT2D eigenvalue weighted by Crippen LogP contribution is 2.20. The molecule has 1 amide bonds. The van der Waals surface area contributed by atoms with Gasteiger partial charge in [-0.1, -0.05) is 11.6 Å². The number of rotatable bonds is 4. The summed E-state index contributed by atoms with van der Waals surface area (Å²) in [6.45, 7) is 4.66. The number of carbonyl (C=O) groups is 1.